The molecule has 10 heteroatoms. The first-order valence-electron chi connectivity index (χ1n) is 7.71. The highest BCUT2D eigenvalue weighted by molar-refractivity contribution is 6.76. The van der Waals surface area contributed by atoms with Gasteiger partial charge in [0.2, 0.25) is 0 Å². The lowest BCUT2D eigenvalue weighted by molar-refractivity contribution is -0.0930. The van der Waals surface area contributed by atoms with E-state index in [-0.39, 0.29) is 25.1 Å². The van der Waals surface area contributed by atoms with Crippen molar-refractivity contribution in [3.05, 3.63) is 23.7 Å². The van der Waals surface area contributed by atoms with Crippen molar-refractivity contribution < 1.29 is 22.7 Å². The molecule has 24 heavy (non-hydrogen) atoms. The van der Waals surface area contributed by atoms with E-state index in [0.717, 1.165) is 12.2 Å². The molecule has 0 unspecified atom stereocenters. The molecule has 0 aromatic rings. The van der Waals surface area contributed by atoms with Gasteiger partial charge in [-0.2, -0.15) is 13.2 Å². The number of nitrogens with zero attached hydrogens (tertiary/aromatic N) is 1. The van der Waals surface area contributed by atoms with Gasteiger partial charge in [0.25, 0.3) is 0 Å². The van der Waals surface area contributed by atoms with Gasteiger partial charge in [-0.25, -0.2) is 5.90 Å². The van der Waals surface area contributed by atoms with Gasteiger partial charge in [-0.15, -0.1) is 0 Å². The number of rotatable bonds is 9. The topological polar surface area (TPSA) is 71.8 Å². The fraction of sp³-hybridized carbons (Fsp3) is 0.714. The van der Waals surface area contributed by atoms with Gasteiger partial charge in [-0.05, 0) is 13.0 Å². The predicted molar refractivity (Wildman–Crippen MR) is 88.9 cm³/mol. The Morgan fingerprint density at radius 1 is 1.38 bits per heavy atom. The molecule has 6 nitrogen and oxygen atoms in total. The van der Waals surface area contributed by atoms with Crippen LogP contribution in [0.4, 0.5) is 13.2 Å². The molecule has 4 N–H and O–H groups in total. The van der Waals surface area contributed by atoms with Crippen LogP contribution in [0.3, 0.4) is 0 Å². The number of nitrogens with one attached hydrogen (secondary N) is 2. The van der Waals surface area contributed by atoms with Crippen molar-refractivity contribution in [1.82, 2.24) is 15.8 Å². The summed E-state index contributed by atoms with van der Waals surface area (Å²) in [5.41, 5.74) is 1.92. The molecule has 0 aromatic heterocycles. The molecule has 0 saturated carbocycles. The second-order valence-electron chi connectivity index (χ2n) is 6.92. The lowest BCUT2D eigenvalue weighted by atomic mass is 10.1. The van der Waals surface area contributed by atoms with Crippen LogP contribution in [0.25, 0.3) is 0 Å². The number of ether oxygens (including phenoxy) is 1. The van der Waals surface area contributed by atoms with E-state index in [2.05, 4.69) is 35.2 Å². The number of hydrazine groups is 1. The van der Waals surface area contributed by atoms with Gasteiger partial charge in [0.05, 0.1) is 17.9 Å². The van der Waals surface area contributed by atoms with Crippen LogP contribution >= 0.6 is 0 Å². The van der Waals surface area contributed by atoms with Gasteiger partial charge in [0.15, 0.2) is 0 Å². The van der Waals surface area contributed by atoms with E-state index in [0.29, 0.717) is 6.61 Å². The summed E-state index contributed by atoms with van der Waals surface area (Å²) in [5, 5.41) is 3.99. The van der Waals surface area contributed by atoms with Gasteiger partial charge in [-0.3, -0.25) is 5.01 Å². The van der Waals surface area contributed by atoms with Crippen LogP contribution in [-0.4, -0.2) is 45.2 Å². The Morgan fingerprint density at radius 2 is 2.04 bits per heavy atom. The summed E-state index contributed by atoms with van der Waals surface area (Å²) in [5.74, 6) is 4.94. The number of nitrogens with two attached hydrogens (primary N) is 1. The minimum atomic E-state index is -4.49. The van der Waals surface area contributed by atoms with Crippen molar-refractivity contribution in [2.75, 3.05) is 19.9 Å². The van der Waals surface area contributed by atoms with Crippen molar-refractivity contribution in [2.45, 2.75) is 44.8 Å². The second-order valence-corrected chi connectivity index (χ2v) is 12.5. The minimum absolute atomic E-state index is 0.0370. The highest BCUT2D eigenvalue weighted by Gasteiger charge is 2.38. The average Bonchev–Trinajstić information content (AvgIpc) is 2.43. The molecule has 0 saturated heterocycles. The lowest BCUT2D eigenvalue weighted by Crippen LogP contribution is -2.42. The summed E-state index contributed by atoms with van der Waals surface area (Å²) in [6, 6.07) is 0.587. The Hall–Kier alpha value is -1.23. The maximum atomic E-state index is 13.3. The molecule has 0 amide bonds. The van der Waals surface area contributed by atoms with Crippen LogP contribution in [0.15, 0.2) is 23.7 Å². The largest absolute Gasteiger partial charge is 0.419 e. The maximum absolute atomic E-state index is 13.3. The molecule has 0 aromatic carbocycles. The Bertz CT molecular complexity index is 464. The summed E-state index contributed by atoms with van der Waals surface area (Å²) in [6.45, 7) is 8.97. The van der Waals surface area contributed by atoms with Crippen molar-refractivity contribution in [3.63, 3.8) is 0 Å². The molecule has 0 fully saturated rings. The van der Waals surface area contributed by atoms with Crippen molar-refractivity contribution in [3.8, 4) is 0 Å². The van der Waals surface area contributed by atoms with Crippen LogP contribution in [0, 0.1) is 0 Å². The Balaban J connectivity index is 2.64. The first kappa shape index (κ1) is 20.8. The first-order chi connectivity index (χ1) is 11.0. The first-order valence-corrected chi connectivity index (χ1v) is 11.4. The number of allylic oxidation sites excluding steroid dienone is 1. The standard InChI is InChI=1S/C14H27F3N4O2Si/c1-11(9-23-18)20-13-7-19-21(8-12(13)14(15,16)17)10-22-5-6-24(2,3)4/h7-8,11,19-20H,5-6,9-10,18H2,1-4H3/t11-/m0/s1. The molecule has 0 spiro atoms. The van der Waals surface area contributed by atoms with Gasteiger partial charge < -0.3 is 20.3 Å². The molecule has 1 aliphatic rings. The Labute approximate surface area is 141 Å². The number of alkyl halides is 3. The lowest BCUT2D eigenvalue weighted by Gasteiger charge is -2.30. The molecule has 1 rings (SSSR count). The van der Waals surface area contributed by atoms with Gasteiger partial charge in [0, 0.05) is 33.1 Å². The van der Waals surface area contributed by atoms with E-state index in [4.69, 9.17) is 10.6 Å². The normalized spacial score (nSPS) is 17.1. The molecular weight excluding hydrogens is 341 g/mol. The Kier molecular flexibility index (Phi) is 7.58. The van der Waals surface area contributed by atoms with Crippen LogP contribution < -0.4 is 16.6 Å². The quantitative estimate of drug-likeness (QED) is 0.329. The molecule has 1 heterocycles. The third-order valence-corrected chi connectivity index (χ3v) is 4.93. The van der Waals surface area contributed by atoms with E-state index in [9.17, 15) is 13.2 Å². The second kappa shape index (κ2) is 8.74. The molecule has 1 aliphatic heterocycles. The third kappa shape index (κ3) is 7.56. The maximum Gasteiger partial charge on any atom is 0.419 e. The zero-order valence-electron chi connectivity index (χ0n) is 14.5. The van der Waals surface area contributed by atoms with Gasteiger partial charge >= 0.3 is 6.18 Å². The zero-order valence-corrected chi connectivity index (χ0v) is 15.5. The molecular formula is C14H27F3N4O2Si. The van der Waals surface area contributed by atoms with Crippen LogP contribution in [-0.2, 0) is 9.57 Å². The summed E-state index contributed by atoms with van der Waals surface area (Å²) < 4.78 is 45.2. The van der Waals surface area contributed by atoms with Crippen molar-refractivity contribution in [1.29, 1.82) is 0 Å². The third-order valence-electron chi connectivity index (χ3n) is 3.23. The molecule has 0 radical (unpaired) electrons. The van der Waals surface area contributed by atoms with Crippen LogP contribution in [0.1, 0.15) is 6.92 Å². The summed E-state index contributed by atoms with van der Waals surface area (Å²) in [4.78, 5) is 4.44. The molecule has 140 valence electrons. The highest BCUT2D eigenvalue weighted by Crippen LogP contribution is 2.31. The Morgan fingerprint density at radius 3 is 2.58 bits per heavy atom. The van der Waals surface area contributed by atoms with E-state index in [1.165, 1.54) is 11.2 Å². The predicted octanol–water partition coefficient (Wildman–Crippen LogP) is 2.27. The van der Waals surface area contributed by atoms with E-state index in [1.807, 2.05) is 0 Å². The summed E-state index contributed by atoms with van der Waals surface area (Å²) in [6.07, 6.45) is -2.23. The smallest absolute Gasteiger partial charge is 0.378 e. The number of halogens is 3. The molecule has 0 aliphatic carbocycles. The van der Waals surface area contributed by atoms with Crippen LogP contribution in [0.5, 0.6) is 0 Å². The number of hydrogen-bond acceptors (Lipinski definition) is 6. The summed E-state index contributed by atoms with van der Waals surface area (Å²) in [7, 11) is -1.23. The van der Waals surface area contributed by atoms with Crippen LogP contribution in [0.2, 0.25) is 25.7 Å². The monoisotopic (exact) mass is 368 g/mol. The SMILES string of the molecule is C[C@@H](CON)NC1=CNN(COCC[Si](C)(C)C)C=C1C(F)(F)F. The molecule has 0 bridgehead atoms. The van der Waals surface area contributed by atoms with E-state index >= 15 is 0 Å². The van der Waals surface area contributed by atoms with E-state index in [1.54, 1.807) is 6.92 Å². The van der Waals surface area contributed by atoms with Gasteiger partial charge in [-0.1, -0.05) is 19.6 Å². The van der Waals surface area contributed by atoms with E-state index < -0.39 is 19.8 Å². The fourth-order valence-electron chi connectivity index (χ4n) is 1.90. The highest BCUT2D eigenvalue weighted by atomic mass is 28.3. The minimum Gasteiger partial charge on any atom is -0.378 e. The molecule has 1 atom stereocenters. The van der Waals surface area contributed by atoms with Gasteiger partial charge in [0.1, 0.15) is 6.73 Å². The number of hydrogen-bond donors (Lipinski definition) is 3. The summed E-state index contributed by atoms with van der Waals surface area (Å²) >= 11 is 0. The van der Waals surface area contributed by atoms with Crippen molar-refractivity contribution >= 4 is 8.07 Å². The van der Waals surface area contributed by atoms with Crippen molar-refractivity contribution in [2.24, 2.45) is 5.90 Å². The fourth-order valence-corrected chi connectivity index (χ4v) is 2.66. The zero-order chi connectivity index (χ0) is 18.4. The average molecular weight is 368 g/mol.